The van der Waals surface area contributed by atoms with E-state index in [1.54, 1.807) is 14.2 Å². The van der Waals surface area contributed by atoms with E-state index in [2.05, 4.69) is 26.8 Å². The van der Waals surface area contributed by atoms with Crippen LogP contribution in [-0.2, 0) is 0 Å². The maximum atomic E-state index is 5.59. The highest BCUT2D eigenvalue weighted by molar-refractivity contribution is 5.56. The van der Waals surface area contributed by atoms with E-state index in [1.165, 1.54) is 109 Å². The van der Waals surface area contributed by atoms with Gasteiger partial charge in [0.15, 0.2) is 11.5 Å². The Kier molecular flexibility index (Phi) is 10.8. The Morgan fingerprint density at radius 1 is 0.677 bits per heavy atom. The van der Waals surface area contributed by atoms with Gasteiger partial charge in [-0.05, 0) is 89.9 Å². The number of methoxy groups -OCH3 is 2. The van der Waals surface area contributed by atoms with Crippen LogP contribution in [0.25, 0.3) is 0 Å². The summed E-state index contributed by atoms with van der Waals surface area (Å²) in [4.78, 5) is 7.92. The van der Waals surface area contributed by atoms with E-state index in [0.29, 0.717) is 0 Å². The summed E-state index contributed by atoms with van der Waals surface area (Å²) in [5.74, 6) is 1.63. The number of hydrogen-bond donors (Lipinski definition) is 0. The normalized spacial score (nSPS) is 18.9. The van der Waals surface area contributed by atoms with Crippen LogP contribution in [0.2, 0.25) is 0 Å². The summed E-state index contributed by atoms with van der Waals surface area (Å²) in [6.45, 7) is 9.77. The largest absolute Gasteiger partial charge is 0.493 e. The third kappa shape index (κ3) is 8.19. The lowest BCUT2D eigenvalue weighted by molar-refractivity contribution is 0.277. The molecule has 0 atom stereocenters. The molecular formula is C26H45N3O2. The minimum absolute atomic E-state index is 0.806. The zero-order valence-electron chi connectivity index (χ0n) is 20.1. The van der Waals surface area contributed by atoms with Crippen LogP contribution < -0.4 is 14.4 Å². The molecule has 0 aromatic heterocycles. The molecule has 0 N–H and O–H groups in total. The minimum atomic E-state index is 0.806. The van der Waals surface area contributed by atoms with Crippen LogP contribution in [0.15, 0.2) is 18.2 Å². The number of anilines is 1. The van der Waals surface area contributed by atoms with Gasteiger partial charge in [-0.2, -0.15) is 0 Å². The first-order valence-corrected chi connectivity index (χ1v) is 12.7. The highest BCUT2D eigenvalue weighted by Gasteiger charge is 2.14. The average molecular weight is 432 g/mol. The lowest BCUT2D eigenvalue weighted by Gasteiger charge is -2.29. The number of benzene rings is 1. The van der Waals surface area contributed by atoms with Gasteiger partial charge in [-0.1, -0.05) is 25.7 Å². The summed E-state index contributed by atoms with van der Waals surface area (Å²) in [6.07, 6.45) is 13.6. The molecule has 5 nitrogen and oxygen atoms in total. The van der Waals surface area contributed by atoms with Gasteiger partial charge in [0.05, 0.1) is 14.2 Å². The lowest BCUT2D eigenvalue weighted by atomic mass is 10.2. The Labute approximate surface area is 190 Å². The quantitative estimate of drug-likeness (QED) is 0.489. The van der Waals surface area contributed by atoms with Gasteiger partial charge in [-0.25, -0.2) is 0 Å². The molecule has 0 bridgehead atoms. The number of nitrogens with zero attached hydrogens (tertiary/aromatic N) is 3. The summed E-state index contributed by atoms with van der Waals surface area (Å²) in [5.41, 5.74) is 1.25. The summed E-state index contributed by atoms with van der Waals surface area (Å²) in [5, 5.41) is 0. The molecule has 0 amide bonds. The highest BCUT2D eigenvalue weighted by atomic mass is 16.5. The number of hydrogen-bond acceptors (Lipinski definition) is 5. The zero-order valence-corrected chi connectivity index (χ0v) is 20.1. The van der Waals surface area contributed by atoms with Crippen molar-refractivity contribution in [3.8, 4) is 11.5 Å². The van der Waals surface area contributed by atoms with Crippen molar-refractivity contribution in [1.29, 1.82) is 0 Å². The lowest BCUT2D eigenvalue weighted by Crippen LogP contribution is -2.33. The summed E-state index contributed by atoms with van der Waals surface area (Å²) in [6, 6.07) is 6.39. The number of rotatable bonds is 11. The molecule has 5 heteroatoms. The second-order valence-corrected chi connectivity index (χ2v) is 9.25. The van der Waals surface area contributed by atoms with Gasteiger partial charge in [-0.3, -0.25) is 0 Å². The zero-order chi connectivity index (χ0) is 21.7. The van der Waals surface area contributed by atoms with Crippen molar-refractivity contribution in [3.63, 3.8) is 0 Å². The molecule has 0 aliphatic carbocycles. The van der Waals surface area contributed by atoms with Crippen LogP contribution in [0.3, 0.4) is 0 Å². The monoisotopic (exact) mass is 431 g/mol. The van der Waals surface area contributed by atoms with Gasteiger partial charge in [0, 0.05) is 24.8 Å². The topological polar surface area (TPSA) is 28.2 Å². The first-order chi connectivity index (χ1) is 15.3. The maximum absolute atomic E-state index is 5.59. The van der Waals surface area contributed by atoms with E-state index in [4.69, 9.17) is 9.47 Å². The third-order valence-electron chi connectivity index (χ3n) is 6.93. The van der Waals surface area contributed by atoms with Crippen molar-refractivity contribution < 1.29 is 9.47 Å². The fraction of sp³-hybridized carbons (Fsp3) is 0.769. The van der Waals surface area contributed by atoms with E-state index in [0.717, 1.165) is 24.6 Å². The molecule has 0 spiro atoms. The van der Waals surface area contributed by atoms with Crippen molar-refractivity contribution >= 4 is 5.69 Å². The molecule has 0 unspecified atom stereocenters. The number of ether oxygens (including phenoxy) is 2. The molecule has 1 aromatic carbocycles. The smallest absolute Gasteiger partial charge is 0.162 e. The fourth-order valence-electron chi connectivity index (χ4n) is 5.08. The molecule has 3 rings (SSSR count). The summed E-state index contributed by atoms with van der Waals surface area (Å²) < 4.78 is 11.0. The highest BCUT2D eigenvalue weighted by Crippen LogP contribution is 2.31. The minimum Gasteiger partial charge on any atom is -0.493 e. The molecule has 0 saturated carbocycles. The van der Waals surface area contributed by atoms with E-state index >= 15 is 0 Å². The summed E-state index contributed by atoms with van der Waals surface area (Å²) >= 11 is 0. The van der Waals surface area contributed by atoms with E-state index in [1.807, 2.05) is 6.07 Å². The molecular weight excluding hydrogens is 386 g/mol. The van der Waals surface area contributed by atoms with Gasteiger partial charge in [0.2, 0.25) is 0 Å². The van der Waals surface area contributed by atoms with Crippen molar-refractivity contribution in [1.82, 2.24) is 9.80 Å². The van der Waals surface area contributed by atoms with Crippen LogP contribution in [-0.4, -0.2) is 76.4 Å². The molecule has 2 aliphatic rings. The van der Waals surface area contributed by atoms with Crippen molar-refractivity contribution in [2.75, 3.05) is 71.5 Å². The first-order valence-electron chi connectivity index (χ1n) is 12.7. The van der Waals surface area contributed by atoms with Gasteiger partial charge in [0.25, 0.3) is 0 Å². The van der Waals surface area contributed by atoms with E-state index in [-0.39, 0.29) is 0 Å². The maximum Gasteiger partial charge on any atom is 0.162 e. The second kappa shape index (κ2) is 13.8. The van der Waals surface area contributed by atoms with Crippen molar-refractivity contribution in [3.05, 3.63) is 18.2 Å². The van der Waals surface area contributed by atoms with E-state index < -0.39 is 0 Å². The van der Waals surface area contributed by atoms with Gasteiger partial charge >= 0.3 is 0 Å². The number of likely N-dealkylation sites (tertiary alicyclic amines) is 2. The molecule has 1 aromatic rings. The van der Waals surface area contributed by atoms with E-state index in [9.17, 15) is 0 Å². The Bertz CT molecular complexity index is 583. The molecule has 2 heterocycles. The van der Waals surface area contributed by atoms with Crippen LogP contribution >= 0.6 is 0 Å². The first kappa shape index (κ1) is 24.2. The van der Waals surface area contributed by atoms with Gasteiger partial charge < -0.3 is 24.2 Å². The fourth-order valence-corrected chi connectivity index (χ4v) is 5.08. The average Bonchev–Trinajstić information content (AvgIpc) is 3.23. The van der Waals surface area contributed by atoms with Crippen LogP contribution in [0, 0.1) is 0 Å². The van der Waals surface area contributed by atoms with Crippen molar-refractivity contribution in [2.24, 2.45) is 0 Å². The van der Waals surface area contributed by atoms with Crippen LogP contribution in [0.5, 0.6) is 11.5 Å². The van der Waals surface area contributed by atoms with Crippen molar-refractivity contribution in [2.45, 2.75) is 64.2 Å². The Morgan fingerprint density at radius 3 is 1.61 bits per heavy atom. The van der Waals surface area contributed by atoms with Crippen LogP contribution in [0.1, 0.15) is 64.2 Å². The Hall–Kier alpha value is -1.46. The Morgan fingerprint density at radius 2 is 1.16 bits per heavy atom. The molecule has 2 aliphatic heterocycles. The Balaban J connectivity index is 1.57. The third-order valence-corrected chi connectivity index (χ3v) is 6.93. The molecule has 2 fully saturated rings. The molecule has 2 saturated heterocycles. The molecule has 0 radical (unpaired) electrons. The predicted molar refractivity (Wildman–Crippen MR) is 131 cm³/mol. The molecule has 176 valence electrons. The van der Waals surface area contributed by atoms with Gasteiger partial charge in [-0.15, -0.1) is 0 Å². The second-order valence-electron chi connectivity index (χ2n) is 9.25. The van der Waals surface area contributed by atoms with Crippen LogP contribution in [0.4, 0.5) is 5.69 Å². The SMILES string of the molecule is COc1ccc(N(CCCN2CCCCCC2)CCCN2CCCCCC2)cc1OC. The summed E-state index contributed by atoms with van der Waals surface area (Å²) in [7, 11) is 3.43. The molecule has 31 heavy (non-hydrogen) atoms. The standard InChI is InChI=1S/C26H45N3O2/c1-30-25-14-13-24(23-26(25)31-2)29(21-11-19-27-15-7-3-4-8-16-27)22-12-20-28-17-9-5-6-10-18-28/h13-14,23H,3-12,15-22H2,1-2H3. The van der Waals surface area contributed by atoms with Gasteiger partial charge in [0.1, 0.15) is 0 Å². The predicted octanol–water partition coefficient (Wildman–Crippen LogP) is 5.04.